The number of hydrogen-bond acceptors (Lipinski definition) is 3. The van der Waals surface area contributed by atoms with E-state index in [4.69, 9.17) is 5.73 Å². The number of hydrogen-bond donors (Lipinski definition) is 2. The SMILES string of the molecule is CCCN(C)C(C)C(=O)Nc1cccc(CN)c1. The Morgan fingerprint density at radius 2 is 2.22 bits per heavy atom. The molecule has 1 aromatic carbocycles. The number of nitrogens with two attached hydrogens (primary N) is 1. The Hall–Kier alpha value is -1.39. The lowest BCUT2D eigenvalue weighted by Crippen LogP contribution is -2.39. The van der Waals surface area contributed by atoms with E-state index in [-0.39, 0.29) is 11.9 Å². The van der Waals surface area contributed by atoms with E-state index in [1.807, 2.05) is 43.1 Å². The van der Waals surface area contributed by atoms with Gasteiger partial charge in [-0.15, -0.1) is 0 Å². The Labute approximate surface area is 109 Å². The Bertz CT molecular complexity index is 392. The van der Waals surface area contributed by atoms with Crippen molar-refractivity contribution < 1.29 is 4.79 Å². The van der Waals surface area contributed by atoms with Crippen molar-refractivity contribution in [1.29, 1.82) is 0 Å². The molecule has 1 rings (SSSR count). The summed E-state index contributed by atoms with van der Waals surface area (Å²) in [6.45, 7) is 5.41. The second-order valence-corrected chi connectivity index (χ2v) is 4.55. The highest BCUT2D eigenvalue weighted by molar-refractivity contribution is 5.94. The number of rotatable bonds is 6. The molecule has 18 heavy (non-hydrogen) atoms. The van der Waals surface area contributed by atoms with Crippen LogP contribution in [0.5, 0.6) is 0 Å². The molecule has 0 aliphatic rings. The van der Waals surface area contributed by atoms with E-state index in [1.54, 1.807) is 0 Å². The molecule has 0 spiro atoms. The van der Waals surface area contributed by atoms with Crippen LogP contribution in [0, 0.1) is 0 Å². The van der Waals surface area contributed by atoms with Gasteiger partial charge in [0.1, 0.15) is 0 Å². The average Bonchev–Trinajstić information content (AvgIpc) is 2.38. The highest BCUT2D eigenvalue weighted by Crippen LogP contribution is 2.11. The zero-order valence-corrected chi connectivity index (χ0v) is 11.4. The molecule has 4 heteroatoms. The molecule has 0 aromatic heterocycles. The third-order valence-corrected chi connectivity index (χ3v) is 3.05. The van der Waals surface area contributed by atoms with Crippen LogP contribution in [0.15, 0.2) is 24.3 Å². The third kappa shape index (κ3) is 4.13. The normalized spacial score (nSPS) is 12.5. The molecule has 1 atom stereocenters. The lowest BCUT2D eigenvalue weighted by molar-refractivity contribution is -0.120. The molecule has 4 nitrogen and oxygen atoms in total. The molecular formula is C14H23N3O. The van der Waals surface area contributed by atoms with Crippen molar-refractivity contribution >= 4 is 11.6 Å². The summed E-state index contributed by atoms with van der Waals surface area (Å²) in [5.74, 6) is 0.0140. The van der Waals surface area contributed by atoms with Crippen molar-refractivity contribution in [3.8, 4) is 0 Å². The van der Waals surface area contributed by atoms with E-state index >= 15 is 0 Å². The van der Waals surface area contributed by atoms with Gasteiger partial charge in [-0.3, -0.25) is 9.69 Å². The maximum Gasteiger partial charge on any atom is 0.241 e. The molecule has 0 heterocycles. The highest BCUT2D eigenvalue weighted by Gasteiger charge is 2.17. The van der Waals surface area contributed by atoms with Gasteiger partial charge in [-0.05, 0) is 44.6 Å². The Kier molecular flexibility index (Phi) is 5.82. The zero-order valence-electron chi connectivity index (χ0n) is 11.4. The summed E-state index contributed by atoms with van der Waals surface area (Å²) in [5, 5.41) is 2.92. The smallest absolute Gasteiger partial charge is 0.241 e. The Morgan fingerprint density at radius 1 is 1.50 bits per heavy atom. The van der Waals surface area contributed by atoms with Gasteiger partial charge in [0.05, 0.1) is 6.04 Å². The van der Waals surface area contributed by atoms with Gasteiger partial charge in [0.2, 0.25) is 5.91 Å². The van der Waals surface area contributed by atoms with Gasteiger partial charge in [-0.25, -0.2) is 0 Å². The van der Waals surface area contributed by atoms with Gasteiger partial charge in [-0.2, -0.15) is 0 Å². The lowest BCUT2D eigenvalue weighted by Gasteiger charge is -2.23. The van der Waals surface area contributed by atoms with Crippen LogP contribution in [0.1, 0.15) is 25.8 Å². The summed E-state index contributed by atoms with van der Waals surface area (Å²) < 4.78 is 0. The van der Waals surface area contributed by atoms with Crippen molar-refractivity contribution in [3.63, 3.8) is 0 Å². The fourth-order valence-electron chi connectivity index (χ4n) is 1.77. The molecule has 1 unspecified atom stereocenters. The summed E-state index contributed by atoms with van der Waals surface area (Å²) >= 11 is 0. The molecule has 0 aliphatic carbocycles. The van der Waals surface area contributed by atoms with Crippen LogP contribution in [0.3, 0.4) is 0 Å². The first-order valence-corrected chi connectivity index (χ1v) is 6.38. The van der Waals surface area contributed by atoms with Crippen LogP contribution in [0.25, 0.3) is 0 Å². The van der Waals surface area contributed by atoms with Gasteiger partial charge in [0, 0.05) is 12.2 Å². The Morgan fingerprint density at radius 3 is 2.83 bits per heavy atom. The van der Waals surface area contributed by atoms with Gasteiger partial charge >= 0.3 is 0 Å². The predicted octanol–water partition coefficient (Wildman–Crippen LogP) is 1.81. The van der Waals surface area contributed by atoms with Gasteiger partial charge in [0.15, 0.2) is 0 Å². The topological polar surface area (TPSA) is 58.4 Å². The molecule has 1 amide bonds. The van der Waals surface area contributed by atoms with Crippen molar-refractivity contribution in [2.45, 2.75) is 32.9 Å². The zero-order chi connectivity index (χ0) is 13.5. The number of carbonyl (C=O) groups is 1. The first-order valence-electron chi connectivity index (χ1n) is 6.38. The molecule has 0 saturated carbocycles. The summed E-state index contributed by atoms with van der Waals surface area (Å²) in [6.07, 6.45) is 1.04. The van der Waals surface area contributed by atoms with Gasteiger partial charge < -0.3 is 11.1 Å². The summed E-state index contributed by atoms with van der Waals surface area (Å²) in [7, 11) is 1.96. The van der Waals surface area contributed by atoms with E-state index in [2.05, 4.69) is 12.2 Å². The molecule has 0 saturated heterocycles. The molecule has 100 valence electrons. The van der Waals surface area contributed by atoms with Crippen molar-refractivity contribution in [2.24, 2.45) is 5.73 Å². The second kappa shape index (κ2) is 7.13. The second-order valence-electron chi connectivity index (χ2n) is 4.55. The lowest BCUT2D eigenvalue weighted by atomic mass is 10.2. The minimum absolute atomic E-state index is 0.0140. The molecular weight excluding hydrogens is 226 g/mol. The maximum atomic E-state index is 12.0. The molecule has 0 fully saturated rings. The number of benzene rings is 1. The molecule has 0 aliphatic heterocycles. The fraction of sp³-hybridized carbons (Fsp3) is 0.500. The number of likely N-dealkylation sites (N-methyl/N-ethyl adjacent to an activating group) is 1. The maximum absolute atomic E-state index is 12.0. The summed E-state index contributed by atoms with van der Waals surface area (Å²) in [5.41, 5.74) is 7.40. The van der Waals surface area contributed by atoms with Gasteiger partial charge in [0.25, 0.3) is 0 Å². The quantitative estimate of drug-likeness (QED) is 0.808. The van der Waals surface area contributed by atoms with E-state index in [0.717, 1.165) is 24.2 Å². The third-order valence-electron chi connectivity index (χ3n) is 3.05. The van der Waals surface area contributed by atoms with Crippen LogP contribution < -0.4 is 11.1 Å². The summed E-state index contributed by atoms with van der Waals surface area (Å²) in [4.78, 5) is 14.1. The van der Waals surface area contributed by atoms with Crippen LogP contribution in [-0.2, 0) is 11.3 Å². The number of nitrogens with zero attached hydrogens (tertiary/aromatic N) is 1. The average molecular weight is 249 g/mol. The van der Waals surface area contributed by atoms with Crippen molar-refractivity contribution in [3.05, 3.63) is 29.8 Å². The summed E-state index contributed by atoms with van der Waals surface area (Å²) in [6, 6.07) is 7.50. The van der Waals surface area contributed by atoms with E-state index in [0.29, 0.717) is 6.54 Å². The monoisotopic (exact) mass is 249 g/mol. The number of carbonyl (C=O) groups excluding carboxylic acids is 1. The fourth-order valence-corrected chi connectivity index (χ4v) is 1.77. The van der Waals surface area contributed by atoms with Crippen LogP contribution in [0.2, 0.25) is 0 Å². The minimum atomic E-state index is -0.133. The first kappa shape index (κ1) is 14.7. The van der Waals surface area contributed by atoms with Crippen LogP contribution >= 0.6 is 0 Å². The number of amides is 1. The van der Waals surface area contributed by atoms with E-state index in [1.165, 1.54) is 0 Å². The van der Waals surface area contributed by atoms with Crippen LogP contribution in [-0.4, -0.2) is 30.4 Å². The Balaban J connectivity index is 2.63. The largest absolute Gasteiger partial charge is 0.326 e. The minimum Gasteiger partial charge on any atom is -0.326 e. The van der Waals surface area contributed by atoms with Crippen LogP contribution in [0.4, 0.5) is 5.69 Å². The number of anilines is 1. The molecule has 3 N–H and O–H groups in total. The van der Waals surface area contributed by atoms with Crippen molar-refractivity contribution in [2.75, 3.05) is 18.9 Å². The molecule has 0 radical (unpaired) electrons. The molecule has 1 aromatic rings. The predicted molar refractivity (Wildman–Crippen MR) is 75.3 cm³/mol. The first-order chi connectivity index (χ1) is 8.58. The van der Waals surface area contributed by atoms with Gasteiger partial charge in [-0.1, -0.05) is 19.1 Å². The van der Waals surface area contributed by atoms with E-state index in [9.17, 15) is 4.79 Å². The van der Waals surface area contributed by atoms with E-state index < -0.39 is 0 Å². The number of nitrogens with one attached hydrogen (secondary N) is 1. The van der Waals surface area contributed by atoms with Crippen molar-refractivity contribution in [1.82, 2.24) is 4.90 Å². The standard InChI is InChI=1S/C14H23N3O/c1-4-8-17(3)11(2)14(18)16-13-7-5-6-12(9-13)10-15/h5-7,9,11H,4,8,10,15H2,1-3H3,(H,16,18). The molecule has 0 bridgehead atoms. The highest BCUT2D eigenvalue weighted by atomic mass is 16.2.